The summed E-state index contributed by atoms with van der Waals surface area (Å²) >= 11 is 0. The Balaban J connectivity index is 1.63. The van der Waals surface area contributed by atoms with Gasteiger partial charge >= 0.3 is 0 Å². The van der Waals surface area contributed by atoms with E-state index in [2.05, 4.69) is 6.92 Å². The summed E-state index contributed by atoms with van der Waals surface area (Å²) in [5.41, 5.74) is 1.07. The monoisotopic (exact) mass is 264 g/mol. The lowest BCUT2D eigenvalue weighted by molar-refractivity contribution is -0.230. The Hall–Kier alpha value is -0.900. The summed E-state index contributed by atoms with van der Waals surface area (Å²) in [5, 5.41) is 0. The molecule has 0 unspecified atom stereocenters. The first-order valence-electron chi connectivity index (χ1n) is 7.30. The van der Waals surface area contributed by atoms with Crippen molar-refractivity contribution < 1.29 is 14.2 Å². The third-order valence-electron chi connectivity index (χ3n) is 3.29. The molecular formula is C16H24O3. The third-order valence-corrected chi connectivity index (χ3v) is 3.29. The van der Waals surface area contributed by atoms with Crippen LogP contribution in [0.2, 0.25) is 0 Å². The molecule has 0 saturated carbocycles. The smallest absolute Gasteiger partial charge is 0.184 e. The number of ether oxygens (including phenoxy) is 3. The first-order valence-corrected chi connectivity index (χ1v) is 7.30. The molecule has 2 rings (SSSR count). The van der Waals surface area contributed by atoms with Gasteiger partial charge in [0.1, 0.15) is 6.10 Å². The van der Waals surface area contributed by atoms with Crippen molar-refractivity contribution in [2.45, 2.75) is 45.0 Å². The fourth-order valence-corrected chi connectivity index (χ4v) is 2.16. The van der Waals surface area contributed by atoms with Crippen LogP contribution in [0, 0.1) is 0 Å². The van der Waals surface area contributed by atoms with Gasteiger partial charge in [-0.2, -0.15) is 0 Å². The summed E-state index contributed by atoms with van der Waals surface area (Å²) in [5.74, 6) is 0. The van der Waals surface area contributed by atoms with Gasteiger partial charge in [-0.05, 0) is 6.42 Å². The normalized spacial score (nSPS) is 23.4. The molecule has 1 aliphatic heterocycles. The van der Waals surface area contributed by atoms with E-state index in [-0.39, 0.29) is 12.4 Å². The van der Waals surface area contributed by atoms with E-state index in [1.807, 2.05) is 30.3 Å². The first-order chi connectivity index (χ1) is 9.40. The summed E-state index contributed by atoms with van der Waals surface area (Å²) in [6, 6.07) is 10.0. The highest BCUT2D eigenvalue weighted by molar-refractivity contribution is 5.16. The molecule has 19 heavy (non-hydrogen) atoms. The second kappa shape index (κ2) is 8.31. The zero-order valence-corrected chi connectivity index (χ0v) is 11.7. The molecule has 1 aromatic carbocycles. The van der Waals surface area contributed by atoms with Gasteiger partial charge in [-0.25, -0.2) is 0 Å². The van der Waals surface area contributed by atoms with E-state index in [0.717, 1.165) is 18.6 Å². The zero-order valence-electron chi connectivity index (χ0n) is 11.7. The zero-order chi connectivity index (χ0) is 13.3. The average Bonchev–Trinajstić information content (AvgIpc) is 2.49. The summed E-state index contributed by atoms with van der Waals surface area (Å²) in [6.45, 7) is 4.27. The van der Waals surface area contributed by atoms with E-state index in [9.17, 15) is 0 Å². The van der Waals surface area contributed by atoms with E-state index in [4.69, 9.17) is 14.2 Å². The van der Waals surface area contributed by atoms with Gasteiger partial charge in [0, 0.05) is 12.2 Å². The van der Waals surface area contributed by atoms with Crippen LogP contribution < -0.4 is 0 Å². The van der Waals surface area contributed by atoms with Crippen molar-refractivity contribution in [1.82, 2.24) is 0 Å². The van der Waals surface area contributed by atoms with Crippen LogP contribution in [0.15, 0.2) is 30.3 Å². The van der Waals surface area contributed by atoms with Gasteiger partial charge in [0.15, 0.2) is 6.29 Å². The summed E-state index contributed by atoms with van der Waals surface area (Å²) < 4.78 is 17.2. The van der Waals surface area contributed by atoms with E-state index in [1.54, 1.807) is 0 Å². The maximum Gasteiger partial charge on any atom is 0.184 e. The summed E-state index contributed by atoms with van der Waals surface area (Å²) in [4.78, 5) is 0. The second-order valence-corrected chi connectivity index (χ2v) is 4.96. The molecule has 0 spiro atoms. The lowest BCUT2D eigenvalue weighted by atomic mass is 10.2. The quantitative estimate of drug-likeness (QED) is 0.703. The van der Waals surface area contributed by atoms with Gasteiger partial charge < -0.3 is 14.2 Å². The molecule has 1 heterocycles. The van der Waals surface area contributed by atoms with Crippen LogP contribution in [-0.2, 0) is 14.2 Å². The predicted octanol–water partition coefficient (Wildman–Crippen LogP) is 3.70. The number of hydrogen-bond acceptors (Lipinski definition) is 3. The molecule has 1 fully saturated rings. The highest BCUT2D eigenvalue weighted by Gasteiger charge is 2.23. The molecule has 1 aromatic rings. The molecule has 3 nitrogen and oxygen atoms in total. The lowest BCUT2D eigenvalue weighted by Crippen LogP contribution is -2.33. The lowest BCUT2D eigenvalue weighted by Gasteiger charge is -2.29. The number of rotatable bonds is 7. The van der Waals surface area contributed by atoms with Gasteiger partial charge in [-0.15, -0.1) is 0 Å². The van der Waals surface area contributed by atoms with E-state index < -0.39 is 0 Å². The highest BCUT2D eigenvalue weighted by atomic mass is 16.7. The Bertz CT molecular complexity index is 331. The van der Waals surface area contributed by atoms with Crippen molar-refractivity contribution in [2.24, 2.45) is 0 Å². The molecule has 0 atom stereocenters. The Morgan fingerprint density at radius 3 is 2.47 bits per heavy atom. The summed E-state index contributed by atoms with van der Waals surface area (Å²) in [7, 11) is 0. The number of unbranched alkanes of at least 4 members (excludes halogenated alkanes) is 3. The molecule has 0 N–H and O–H groups in total. The van der Waals surface area contributed by atoms with Crippen molar-refractivity contribution in [2.75, 3.05) is 19.8 Å². The second-order valence-electron chi connectivity index (χ2n) is 4.96. The Labute approximate surface area is 115 Å². The average molecular weight is 264 g/mol. The minimum absolute atomic E-state index is 0.0848. The maximum atomic E-state index is 5.76. The van der Waals surface area contributed by atoms with Crippen LogP contribution in [0.5, 0.6) is 0 Å². The summed E-state index contributed by atoms with van der Waals surface area (Å²) in [6.07, 6.45) is 4.78. The molecule has 1 saturated heterocycles. The maximum absolute atomic E-state index is 5.76. The van der Waals surface area contributed by atoms with Crippen molar-refractivity contribution >= 4 is 0 Å². The van der Waals surface area contributed by atoms with Gasteiger partial charge in [0.2, 0.25) is 0 Å². The van der Waals surface area contributed by atoms with Gasteiger partial charge in [0.25, 0.3) is 0 Å². The van der Waals surface area contributed by atoms with Crippen molar-refractivity contribution in [3.63, 3.8) is 0 Å². The van der Waals surface area contributed by atoms with E-state index >= 15 is 0 Å². The van der Waals surface area contributed by atoms with Crippen LogP contribution >= 0.6 is 0 Å². The molecule has 0 aromatic heterocycles. The van der Waals surface area contributed by atoms with Crippen LogP contribution in [0.4, 0.5) is 0 Å². The van der Waals surface area contributed by atoms with Crippen LogP contribution in [0.3, 0.4) is 0 Å². The fourth-order valence-electron chi connectivity index (χ4n) is 2.16. The highest BCUT2D eigenvalue weighted by Crippen LogP contribution is 2.23. The molecule has 0 amide bonds. The first kappa shape index (κ1) is 14.5. The molecule has 106 valence electrons. The Morgan fingerprint density at radius 2 is 1.79 bits per heavy atom. The van der Waals surface area contributed by atoms with Crippen molar-refractivity contribution in [3.05, 3.63) is 35.9 Å². The molecule has 3 heteroatoms. The van der Waals surface area contributed by atoms with Gasteiger partial charge in [-0.1, -0.05) is 56.5 Å². The minimum atomic E-state index is -0.235. The number of hydrogen-bond donors (Lipinski definition) is 0. The standard InChI is InChI=1S/C16H24O3/c1-2-3-4-8-11-17-15-12-18-16(19-13-15)14-9-6-5-7-10-14/h5-7,9-10,15-16H,2-4,8,11-13H2,1H3. The SMILES string of the molecule is CCCCCCOC1COC(c2ccccc2)OC1. The molecule has 0 radical (unpaired) electrons. The third kappa shape index (κ3) is 4.94. The fraction of sp³-hybridized carbons (Fsp3) is 0.625. The van der Waals surface area contributed by atoms with Gasteiger partial charge in [-0.3, -0.25) is 0 Å². The van der Waals surface area contributed by atoms with Crippen LogP contribution in [0.1, 0.15) is 44.5 Å². The molecule has 0 aliphatic carbocycles. The minimum Gasteiger partial charge on any atom is -0.373 e. The topological polar surface area (TPSA) is 27.7 Å². The number of benzene rings is 1. The molecular weight excluding hydrogens is 240 g/mol. The Morgan fingerprint density at radius 1 is 1.05 bits per heavy atom. The van der Waals surface area contributed by atoms with Crippen molar-refractivity contribution in [3.8, 4) is 0 Å². The van der Waals surface area contributed by atoms with Crippen molar-refractivity contribution in [1.29, 1.82) is 0 Å². The largest absolute Gasteiger partial charge is 0.373 e. The molecule has 0 bridgehead atoms. The van der Waals surface area contributed by atoms with E-state index in [1.165, 1.54) is 19.3 Å². The van der Waals surface area contributed by atoms with Crippen LogP contribution in [-0.4, -0.2) is 25.9 Å². The van der Waals surface area contributed by atoms with Gasteiger partial charge in [0.05, 0.1) is 13.2 Å². The van der Waals surface area contributed by atoms with Crippen LogP contribution in [0.25, 0.3) is 0 Å². The Kier molecular flexibility index (Phi) is 6.34. The van der Waals surface area contributed by atoms with E-state index in [0.29, 0.717) is 13.2 Å². The predicted molar refractivity (Wildman–Crippen MR) is 75.0 cm³/mol. The molecule has 1 aliphatic rings.